The zero-order valence-electron chi connectivity index (χ0n) is 15.6. The van der Waals surface area contributed by atoms with Crippen molar-refractivity contribution in [1.82, 2.24) is 4.90 Å². The fourth-order valence-electron chi connectivity index (χ4n) is 3.74. The second-order valence-corrected chi connectivity index (χ2v) is 8.19. The molecule has 4 rings (SSSR count). The molecule has 2 unspecified atom stereocenters. The first-order valence-electron chi connectivity index (χ1n) is 9.47. The summed E-state index contributed by atoms with van der Waals surface area (Å²) >= 11 is 3.50. The molecule has 0 amide bonds. The van der Waals surface area contributed by atoms with Crippen molar-refractivity contribution in [1.29, 1.82) is 0 Å². The Morgan fingerprint density at radius 3 is 2.11 bits per heavy atom. The van der Waals surface area contributed by atoms with E-state index in [4.69, 9.17) is 0 Å². The summed E-state index contributed by atoms with van der Waals surface area (Å²) in [6, 6.07) is 28.4. The van der Waals surface area contributed by atoms with E-state index in [2.05, 4.69) is 57.2 Å². The Morgan fingerprint density at radius 2 is 1.46 bits per heavy atom. The van der Waals surface area contributed by atoms with Gasteiger partial charge < -0.3 is 14.8 Å². The molecular formula is C24H23BrN2O. The molecule has 2 atom stereocenters. The molecule has 3 aromatic carbocycles. The van der Waals surface area contributed by atoms with Crippen LogP contribution >= 0.6 is 15.9 Å². The minimum Gasteiger partial charge on any atom is -0.627 e. The van der Waals surface area contributed by atoms with Crippen LogP contribution in [0.2, 0.25) is 0 Å². The smallest absolute Gasteiger partial charge is 0.137 e. The molecule has 142 valence electrons. The third kappa shape index (κ3) is 4.36. The predicted molar refractivity (Wildman–Crippen MR) is 117 cm³/mol. The number of rotatable bonds is 5. The number of halogens is 1. The van der Waals surface area contributed by atoms with Crippen LogP contribution in [0.5, 0.6) is 0 Å². The van der Waals surface area contributed by atoms with Crippen LogP contribution < -0.4 is 0 Å². The highest BCUT2D eigenvalue weighted by Crippen LogP contribution is 2.36. The Balaban J connectivity index is 1.64. The van der Waals surface area contributed by atoms with Crippen LogP contribution in [-0.4, -0.2) is 16.1 Å². The van der Waals surface area contributed by atoms with Gasteiger partial charge >= 0.3 is 0 Å². The van der Waals surface area contributed by atoms with E-state index in [1.165, 1.54) is 5.56 Å². The highest BCUT2D eigenvalue weighted by atomic mass is 79.9. The molecule has 1 heterocycles. The third-order valence-electron chi connectivity index (χ3n) is 5.22. The van der Waals surface area contributed by atoms with E-state index >= 15 is 0 Å². The fraction of sp³-hybridized carbons (Fsp3) is 0.167. The second-order valence-electron chi connectivity index (χ2n) is 7.28. The zero-order chi connectivity index (χ0) is 19.4. The summed E-state index contributed by atoms with van der Waals surface area (Å²) in [6.45, 7) is 1.91. The molecule has 0 spiro atoms. The maximum absolute atomic E-state index is 13.9. The Morgan fingerprint density at radius 1 is 0.857 bits per heavy atom. The standard InChI is InChI=1S/C24H23BrN2O/c25-23-13-11-22(12-14-23)24-18-26(17-20-7-3-1-4-8-20)15-16-27(24,28)19-21-9-5-2-6-10-21/h1-16,24H,17-19H2. The average Bonchev–Trinajstić information content (AvgIpc) is 2.72. The van der Waals surface area contributed by atoms with Crippen LogP contribution in [0, 0.1) is 5.21 Å². The second kappa shape index (κ2) is 8.31. The highest BCUT2D eigenvalue weighted by Gasteiger charge is 2.34. The number of hydrogen-bond acceptors (Lipinski definition) is 2. The fourth-order valence-corrected chi connectivity index (χ4v) is 4.01. The lowest BCUT2D eigenvalue weighted by atomic mass is 10.0. The number of quaternary nitrogens is 1. The van der Waals surface area contributed by atoms with E-state index in [0.717, 1.165) is 22.1 Å². The number of nitrogens with zero attached hydrogens (tertiary/aromatic N) is 2. The van der Waals surface area contributed by atoms with E-state index in [1.807, 2.05) is 60.9 Å². The summed E-state index contributed by atoms with van der Waals surface area (Å²) in [5.41, 5.74) is 3.37. The number of hydroxylamine groups is 3. The summed E-state index contributed by atoms with van der Waals surface area (Å²) in [7, 11) is 0. The molecule has 3 nitrogen and oxygen atoms in total. The van der Waals surface area contributed by atoms with Gasteiger partial charge in [0.25, 0.3) is 0 Å². The van der Waals surface area contributed by atoms with E-state index < -0.39 is 0 Å². The van der Waals surface area contributed by atoms with Crippen molar-refractivity contribution in [2.75, 3.05) is 6.54 Å². The molecular weight excluding hydrogens is 412 g/mol. The van der Waals surface area contributed by atoms with Gasteiger partial charge in [0, 0.05) is 22.1 Å². The Kier molecular flexibility index (Phi) is 5.62. The van der Waals surface area contributed by atoms with Crippen LogP contribution in [0.15, 0.2) is 102 Å². The molecule has 4 heteroatoms. The van der Waals surface area contributed by atoms with Gasteiger partial charge in [0.1, 0.15) is 18.8 Å². The molecule has 0 bridgehead atoms. The SMILES string of the molecule is [O-][N+]1(Cc2ccccc2)C=CN(Cc2ccccc2)CC1c1ccc(Br)cc1. The van der Waals surface area contributed by atoms with Crippen LogP contribution in [0.1, 0.15) is 22.7 Å². The van der Waals surface area contributed by atoms with Gasteiger partial charge in [-0.1, -0.05) is 88.7 Å². The van der Waals surface area contributed by atoms with Gasteiger partial charge in [0.2, 0.25) is 0 Å². The van der Waals surface area contributed by atoms with Crippen molar-refractivity contribution in [3.63, 3.8) is 0 Å². The quantitative estimate of drug-likeness (QED) is 0.363. The molecule has 0 N–H and O–H groups in total. The minimum atomic E-state index is -0.378. The molecule has 1 aliphatic rings. The van der Waals surface area contributed by atoms with Gasteiger partial charge in [0.05, 0.1) is 12.7 Å². The van der Waals surface area contributed by atoms with Crippen molar-refractivity contribution in [3.8, 4) is 0 Å². The number of hydrogen-bond donors (Lipinski definition) is 0. The summed E-state index contributed by atoms with van der Waals surface area (Å²) in [4.78, 5) is 2.24. The van der Waals surface area contributed by atoms with E-state index in [-0.39, 0.29) is 10.7 Å². The average molecular weight is 435 g/mol. The van der Waals surface area contributed by atoms with Crippen molar-refractivity contribution in [2.24, 2.45) is 0 Å². The van der Waals surface area contributed by atoms with Crippen LogP contribution in [0.4, 0.5) is 0 Å². The summed E-state index contributed by atoms with van der Waals surface area (Å²) in [6.07, 6.45) is 3.78. The molecule has 0 saturated heterocycles. The summed E-state index contributed by atoms with van der Waals surface area (Å²) in [5.74, 6) is 0. The van der Waals surface area contributed by atoms with E-state index in [0.29, 0.717) is 13.1 Å². The first-order chi connectivity index (χ1) is 13.6. The van der Waals surface area contributed by atoms with Gasteiger partial charge in [0.15, 0.2) is 0 Å². The molecule has 28 heavy (non-hydrogen) atoms. The lowest BCUT2D eigenvalue weighted by Gasteiger charge is -2.50. The predicted octanol–water partition coefficient (Wildman–Crippen LogP) is 5.99. The monoisotopic (exact) mass is 434 g/mol. The van der Waals surface area contributed by atoms with Gasteiger partial charge in [-0.05, 0) is 17.7 Å². The maximum Gasteiger partial charge on any atom is 0.137 e. The summed E-state index contributed by atoms with van der Waals surface area (Å²) in [5, 5.41) is 13.9. The topological polar surface area (TPSA) is 26.3 Å². The Labute approximate surface area is 174 Å². The third-order valence-corrected chi connectivity index (χ3v) is 5.75. The maximum atomic E-state index is 13.9. The lowest BCUT2D eigenvalue weighted by Crippen LogP contribution is -2.47. The Bertz CT molecular complexity index is 928. The lowest BCUT2D eigenvalue weighted by molar-refractivity contribution is -0.878. The van der Waals surface area contributed by atoms with Gasteiger partial charge in [-0.3, -0.25) is 0 Å². The number of benzene rings is 3. The van der Waals surface area contributed by atoms with Crippen molar-refractivity contribution < 1.29 is 4.65 Å². The van der Waals surface area contributed by atoms with Crippen molar-refractivity contribution >= 4 is 15.9 Å². The molecule has 3 aromatic rings. The normalized spacial score (nSPS) is 21.6. The highest BCUT2D eigenvalue weighted by molar-refractivity contribution is 9.10. The van der Waals surface area contributed by atoms with Gasteiger partial charge in [-0.2, -0.15) is 0 Å². The summed E-state index contributed by atoms with van der Waals surface area (Å²) < 4.78 is 0.646. The first kappa shape index (κ1) is 18.9. The van der Waals surface area contributed by atoms with E-state index in [9.17, 15) is 5.21 Å². The molecule has 0 aromatic heterocycles. The van der Waals surface area contributed by atoms with Gasteiger partial charge in [-0.15, -0.1) is 0 Å². The molecule has 0 fully saturated rings. The Hall–Kier alpha value is -2.40. The first-order valence-corrected chi connectivity index (χ1v) is 10.3. The molecule has 0 aliphatic carbocycles. The van der Waals surface area contributed by atoms with E-state index in [1.54, 1.807) is 0 Å². The largest absolute Gasteiger partial charge is 0.627 e. The van der Waals surface area contributed by atoms with Crippen LogP contribution in [0.25, 0.3) is 0 Å². The zero-order valence-corrected chi connectivity index (χ0v) is 17.2. The van der Waals surface area contributed by atoms with Crippen LogP contribution in [-0.2, 0) is 13.1 Å². The van der Waals surface area contributed by atoms with Crippen molar-refractivity contribution in [2.45, 2.75) is 19.1 Å². The van der Waals surface area contributed by atoms with Crippen molar-refractivity contribution in [3.05, 3.63) is 124 Å². The molecule has 1 aliphatic heterocycles. The van der Waals surface area contributed by atoms with Gasteiger partial charge in [-0.25, -0.2) is 0 Å². The minimum absolute atomic E-state index is 0.179. The van der Waals surface area contributed by atoms with Crippen LogP contribution in [0.3, 0.4) is 0 Å². The molecule has 0 radical (unpaired) electrons. The molecule has 0 saturated carbocycles.